The first kappa shape index (κ1) is 29.0. The minimum Gasteiger partial charge on any atom is -0.0625 e. The predicted octanol–water partition coefficient (Wildman–Crippen LogP) is 11.0. The molecule has 0 N–H and O–H groups in total. The van der Waals surface area contributed by atoms with Gasteiger partial charge in [0.25, 0.3) is 0 Å². The molecular formula is C29H58. The van der Waals surface area contributed by atoms with Crippen LogP contribution in [-0.4, -0.2) is 0 Å². The molecule has 0 aromatic heterocycles. The van der Waals surface area contributed by atoms with Gasteiger partial charge in [-0.15, -0.1) is 0 Å². The lowest BCUT2D eigenvalue weighted by molar-refractivity contribution is 0.434. The number of rotatable bonds is 25. The van der Waals surface area contributed by atoms with Gasteiger partial charge in [0.1, 0.15) is 0 Å². The summed E-state index contributed by atoms with van der Waals surface area (Å²) in [4.78, 5) is 0. The molecule has 0 aliphatic carbocycles. The summed E-state index contributed by atoms with van der Waals surface area (Å²) in [6.07, 6.45) is 35.6. The van der Waals surface area contributed by atoms with E-state index in [2.05, 4.69) is 20.8 Å². The van der Waals surface area contributed by atoms with Crippen LogP contribution in [-0.2, 0) is 0 Å². The van der Waals surface area contributed by atoms with E-state index in [4.69, 9.17) is 0 Å². The summed E-state index contributed by atoms with van der Waals surface area (Å²) in [6.45, 7) is 10.3. The summed E-state index contributed by atoms with van der Waals surface area (Å²) in [5, 5.41) is 0. The van der Waals surface area contributed by atoms with Crippen molar-refractivity contribution >= 4 is 0 Å². The minimum atomic E-state index is 0.948. The van der Waals surface area contributed by atoms with E-state index in [9.17, 15) is 0 Å². The number of hydrogen-bond acceptors (Lipinski definition) is 0. The molecule has 0 heterocycles. The Kier molecular flexibility index (Phi) is 26.0. The van der Waals surface area contributed by atoms with Crippen LogP contribution in [0.5, 0.6) is 0 Å². The molecule has 1 atom stereocenters. The van der Waals surface area contributed by atoms with E-state index in [1.807, 2.05) is 0 Å². The third kappa shape index (κ3) is 26.0. The Labute approximate surface area is 187 Å². The van der Waals surface area contributed by atoms with Crippen LogP contribution in [0.2, 0.25) is 0 Å². The number of unbranched alkanes of at least 4 members (excludes halogenated alkanes) is 21. The highest BCUT2D eigenvalue weighted by atomic mass is 14.1. The first-order valence-corrected chi connectivity index (χ1v) is 13.9. The van der Waals surface area contributed by atoms with Gasteiger partial charge in [-0.05, 0) is 5.92 Å². The zero-order chi connectivity index (χ0) is 21.3. The van der Waals surface area contributed by atoms with Crippen molar-refractivity contribution < 1.29 is 0 Å². The molecule has 0 heteroatoms. The van der Waals surface area contributed by atoms with Gasteiger partial charge < -0.3 is 0 Å². The second-order valence-electron chi connectivity index (χ2n) is 9.81. The monoisotopic (exact) mass is 406 g/mol. The van der Waals surface area contributed by atoms with Crippen molar-refractivity contribution in [3.8, 4) is 0 Å². The SMILES string of the molecule is [CH2]CCCCCCCCCCCCCCCCCCCCC(C)CCCCC[CH2]. The Bertz CT molecular complexity index is 269. The Morgan fingerprint density at radius 1 is 0.345 bits per heavy atom. The van der Waals surface area contributed by atoms with E-state index in [0.717, 1.165) is 18.8 Å². The van der Waals surface area contributed by atoms with E-state index in [1.165, 1.54) is 148 Å². The lowest BCUT2D eigenvalue weighted by Crippen LogP contribution is -1.95. The van der Waals surface area contributed by atoms with Crippen molar-refractivity contribution in [1.29, 1.82) is 0 Å². The topological polar surface area (TPSA) is 0 Å². The predicted molar refractivity (Wildman–Crippen MR) is 135 cm³/mol. The fraction of sp³-hybridized carbons (Fsp3) is 0.931. The van der Waals surface area contributed by atoms with Crippen LogP contribution < -0.4 is 0 Å². The summed E-state index contributed by atoms with van der Waals surface area (Å²) in [7, 11) is 0. The quantitative estimate of drug-likeness (QED) is 0.132. The van der Waals surface area contributed by atoms with Crippen LogP contribution in [0.4, 0.5) is 0 Å². The molecule has 2 radical (unpaired) electrons. The van der Waals surface area contributed by atoms with Crippen LogP contribution in [0.1, 0.15) is 167 Å². The average Bonchev–Trinajstić information content (AvgIpc) is 2.73. The maximum atomic E-state index is 3.93. The third-order valence-electron chi connectivity index (χ3n) is 6.64. The maximum absolute atomic E-state index is 3.93. The largest absolute Gasteiger partial charge is 0.0625 e. The van der Waals surface area contributed by atoms with Gasteiger partial charge in [0.15, 0.2) is 0 Å². The first-order chi connectivity index (χ1) is 14.3. The molecule has 174 valence electrons. The minimum absolute atomic E-state index is 0.948. The Hall–Kier alpha value is 0. The molecule has 0 saturated carbocycles. The van der Waals surface area contributed by atoms with Gasteiger partial charge in [-0.1, -0.05) is 181 Å². The van der Waals surface area contributed by atoms with Crippen molar-refractivity contribution in [1.82, 2.24) is 0 Å². The first-order valence-electron chi connectivity index (χ1n) is 13.9. The standard InChI is InChI=1S/C29H58/c1-4-6-8-10-11-12-13-14-15-16-17-18-19-20-21-22-23-24-26-28-29(3)27-25-9-7-5-2/h29H,1-2,4-28H2,3H3. The molecule has 0 aromatic carbocycles. The van der Waals surface area contributed by atoms with E-state index >= 15 is 0 Å². The average molecular weight is 407 g/mol. The molecule has 29 heavy (non-hydrogen) atoms. The molecule has 1 unspecified atom stereocenters. The molecule has 0 aliphatic rings. The fourth-order valence-corrected chi connectivity index (χ4v) is 4.49. The van der Waals surface area contributed by atoms with Crippen molar-refractivity contribution in [3.05, 3.63) is 13.8 Å². The lowest BCUT2D eigenvalue weighted by Gasteiger charge is -2.10. The number of hydrogen-bond donors (Lipinski definition) is 0. The smallest absolute Gasteiger partial charge is 0.0443 e. The molecule has 0 rings (SSSR count). The maximum Gasteiger partial charge on any atom is -0.0443 e. The molecule has 0 fully saturated rings. The second-order valence-corrected chi connectivity index (χ2v) is 9.81. The fourth-order valence-electron chi connectivity index (χ4n) is 4.49. The summed E-state index contributed by atoms with van der Waals surface area (Å²) in [5.74, 6) is 0.948. The van der Waals surface area contributed by atoms with Crippen LogP contribution in [0.3, 0.4) is 0 Å². The molecule has 0 aliphatic heterocycles. The van der Waals surface area contributed by atoms with Gasteiger partial charge in [-0.3, -0.25) is 0 Å². The second kappa shape index (κ2) is 26.0. The van der Waals surface area contributed by atoms with E-state index < -0.39 is 0 Å². The Balaban J connectivity index is 3.06. The van der Waals surface area contributed by atoms with Crippen LogP contribution >= 0.6 is 0 Å². The van der Waals surface area contributed by atoms with Gasteiger partial charge in [0.05, 0.1) is 0 Å². The highest BCUT2D eigenvalue weighted by Crippen LogP contribution is 2.18. The van der Waals surface area contributed by atoms with Gasteiger partial charge >= 0.3 is 0 Å². The van der Waals surface area contributed by atoms with Crippen LogP contribution in [0.25, 0.3) is 0 Å². The van der Waals surface area contributed by atoms with E-state index in [1.54, 1.807) is 0 Å². The summed E-state index contributed by atoms with van der Waals surface area (Å²) in [6, 6.07) is 0. The van der Waals surface area contributed by atoms with Gasteiger partial charge in [0, 0.05) is 0 Å². The summed E-state index contributed by atoms with van der Waals surface area (Å²) < 4.78 is 0. The normalized spacial score (nSPS) is 12.5. The van der Waals surface area contributed by atoms with Crippen molar-refractivity contribution in [2.45, 2.75) is 167 Å². The lowest BCUT2D eigenvalue weighted by atomic mass is 9.96. The summed E-state index contributed by atoms with van der Waals surface area (Å²) >= 11 is 0. The van der Waals surface area contributed by atoms with E-state index in [-0.39, 0.29) is 0 Å². The molecular weight excluding hydrogens is 348 g/mol. The molecule has 0 bridgehead atoms. The van der Waals surface area contributed by atoms with Crippen LogP contribution in [0, 0.1) is 19.8 Å². The molecule has 0 spiro atoms. The Morgan fingerprint density at radius 2 is 0.552 bits per heavy atom. The highest BCUT2D eigenvalue weighted by molar-refractivity contribution is 4.56. The van der Waals surface area contributed by atoms with Gasteiger partial charge in [-0.25, -0.2) is 0 Å². The molecule has 0 amide bonds. The van der Waals surface area contributed by atoms with Gasteiger partial charge in [0.2, 0.25) is 0 Å². The van der Waals surface area contributed by atoms with Crippen LogP contribution in [0.15, 0.2) is 0 Å². The van der Waals surface area contributed by atoms with Crippen molar-refractivity contribution in [3.63, 3.8) is 0 Å². The van der Waals surface area contributed by atoms with E-state index in [0.29, 0.717) is 0 Å². The van der Waals surface area contributed by atoms with Gasteiger partial charge in [-0.2, -0.15) is 0 Å². The zero-order valence-corrected chi connectivity index (χ0v) is 20.7. The zero-order valence-electron chi connectivity index (χ0n) is 20.7. The highest BCUT2D eigenvalue weighted by Gasteiger charge is 2.02. The van der Waals surface area contributed by atoms with Crippen molar-refractivity contribution in [2.24, 2.45) is 5.92 Å². The molecule has 0 saturated heterocycles. The van der Waals surface area contributed by atoms with Crippen molar-refractivity contribution in [2.75, 3.05) is 0 Å². The third-order valence-corrected chi connectivity index (χ3v) is 6.64. The molecule has 0 nitrogen and oxygen atoms in total. The Morgan fingerprint density at radius 3 is 0.828 bits per heavy atom. The summed E-state index contributed by atoms with van der Waals surface area (Å²) in [5.41, 5.74) is 0. The molecule has 0 aromatic rings.